The van der Waals surface area contributed by atoms with Crippen molar-refractivity contribution in [3.63, 3.8) is 0 Å². The van der Waals surface area contributed by atoms with Crippen LogP contribution in [0.5, 0.6) is 11.5 Å². The number of carbonyl (C=O) groups is 1. The van der Waals surface area contributed by atoms with Crippen molar-refractivity contribution in [2.24, 2.45) is 14.1 Å². The fraction of sp³-hybridized carbons (Fsp3) is 0.222. The Balaban J connectivity index is 1.67. The number of aromatic nitrogens is 4. The Labute approximate surface area is 158 Å². The summed E-state index contributed by atoms with van der Waals surface area (Å²) in [5, 5.41) is 21.4. The van der Waals surface area contributed by atoms with Crippen LogP contribution >= 0.6 is 0 Å². The lowest BCUT2D eigenvalue weighted by molar-refractivity contribution is -0.116. The lowest BCUT2D eigenvalue weighted by atomic mass is 10.2. The zero-order valence-corrected chi connectivity index (χ0v) is 15.3. The Morgan fingerprint density at radius 3 is 2.64 bits per heavy atom. The van der Waals surface area contributed by atoms with E-state index in [0.29, 0.717) is 12.1 Å². The SMILES string of the molecule is Cn1c(=O)c2c(ncn2CCNC(=O)C=Cc2ccc(O)c(O)c2)n(C)c1=O. The molecule has 10 nitrogen and oxygen atoms in total. The number of carbonyl (C=O) groups excluding carboxylic acids is 1. The zero-order valence-electron chi connectivity index (χ0n) is 15.3. The molecule has 0 aliphatic carbocycles. The maximum Gasteiger partial charge on any atom is 0.332 e. The average molecular weight is 385 g/mol. The predicted octanol–water partition coefficient (Wildman–Crippen LogP) is -0.326. The first-order valence-electron chi connectivity index (χ1n) is 8.38. The van der Waals surface area contributed by atoms with Crippen LogP contribution in [0.3, 0.4) is 0 Å². The highest BCUT2D eigenvalue weighted by atomic mass is 16.3. The molecule has 3 aromatic rings. The first-order chi connectivity index (χ1) is 13.3. The van der Waals surface area contributed by atoms with Crippen molar-refractivity contribution in [2.45, 2.75) is 6.54 Å². The van der Waals surface area contributed by atoms with Gasteiger partial charge in [0.1, 0.15) is 0 Å². The van der Waals surface area contributed by atoms with Gasteiger partial charge in [-0.05, 0) is 23.8 Å². The number of hydrogen-bond acceptors (Lipinski definition) is 6. The summed E-state index contributed by atoms with van der Waals surface area (Å²) in [6.07, 6.45) is 4.24. The van der Waals surface area contributed by atoms with Crippen molar-refractivity contribution in [2.75, 3.05) is 6.54 Å². The van der Waals surface area contributed by atoms with Gasteiger partial charge in [-0.3, -0.25) is 18.7 Å². The van der Waals surface area contributed by atoms with Gasteiger partial charge in [-0.1, -0.05) is 6.07 Å². The molecule has 0 bridgehead atoms. The van der Waals surface area contributed by atoms with E-state index in [2.05, 4.69) is 10.3 Å². The number of aromatic hydroxyl groups is 2. The van der Waals surface area contributed by atoms with Gasteiger partial charge in [0.25, 0.3) is 5.56 Å². The van der Waals surface area contributed by atoms with Gasteiger partial charge in [-0.25, -0.2) is 9.78 Å². The maximum absolute atomic E-state index is 12.3. The van der Waals surface area contributed by atoms with Gasteiger partial charge in [0.2, 0.25) is 5.91 Å². The van der Waals surface area contributed by atoms with Gasteiger partial charge in [0, 0.05) is 33.3 Å². The molecule has 0 saturated carbocycles. The summed E-state index contributed by atoms with van der Waals surface area (Å²) in [5.41, 5.74) is 0.214. The van der Waals surface area contributed by atoms with Crippen LogP contribution < -0.4 is 16.6 Å². The highest BCUT2D eigenvalue weighted by molar-refractivity contribution is 5.91. The van der Waals surface area contributed by atoms with Crippen molar-refractivity contribution >= 4 is 23.1 Å². The molecule has 28 heavy (non-hydrogen) atoms. The van der Waals surface area contributed by atoms with E-state index in [1.54, 1.807) is 10.6 Å². The van der Waals surface area contributed by atoms with E-state index in [0.717, 1.165) is 4.57 Å². The number of amides is 1. The minimum absolute atomic E-state index is 0.238. The van der Waals surface area contributed by atoms with Crippen molar-refractivity contribution < 1.29 is 15.0 Å². The van der Waals surface area contributed by atoms with Gasteiger partial charge in [-0.15, -0.1) is 0 Å². The van der Waals surface area contributed by atoms with Gasteiger partial charge in [-0.2, -0.15) is 0 Å². The van der Waals surface area contributed by atoms with Crippen LogP contribution in [0.25, 0.3) is 17.2 Å². The highest BCUT2D eigenvalue weighted by Gasteiger charge is 2.13. The summed E-state index contributed by atoms with van der Waals surface area (Å²) in [5.74, 6) is -0.874. The Bertz CT molecular complexity index is 1200. The average Bonchev–Trinajstić information content (AvgIpc) is 3.09. The maximum atomic E-state index is 12.3. The number of benzene rings is 1. The molecule has 0 aliphatic rings. The minimum Gasteiger partial charge on any atom is -0.504 e. The fourth-order valence-electron chi connectivity index (χ4n) is 2.74. The Hall–Kier alpha value is -3.82. The zero-order chi connectivity index (χ0) is 20.4. The van der Waals surface area contributed by atoms with Gasteiger partial charge < -0.3 is 20.1 Å². The second-order valence-electron chi connectivity index (χ2n) is 6.19. The van der Waals surface area contributed by atoms with E-state index < -0.39 is 11.2 Å². The Kier molecular flexibility index (Phi) is 5.03. The summed E-state index contributed by atoms with van der Waals surface area (Å²) < 4.78 is 3.88. The molecular weight excluding hydrogens is 366 g/mol. The number of phenolic OH excluding ortho intramolecular Hbond substituents is 2. The monoisotopic (exact) mass is 385 g/mol. The van der Waals surface area contributed by atoms with E-state index in [1.165, 1.54) is 49.3 Å². The third-order valence-corrected chi connectivity index (χ3v) is 4.30. The number of hydrogen-bond donors (Lipinski definition) is 3. The van der Waals surface area contributed by atoms with Crippen molar-refractivity contribution in [1.82, 2.24) is 24.0 Å². The second kappa shape index (κ2) is 7.43. The highest BCUT2D eigenvalue weighted by Crippen LogP contribution is 2.25. The van der Waals surface area contributed by atoms with Crippen LogP contribution in [0.4, 0.5) is 0 Å². The summed E-state index contributed by atoms with van der Waals surface area (Å²) in [6, 6.07) is 4.21. The van der Waals surface area contributed by atoms with E-state index in [9.17, 15) is 24.6 Å². The van der Waals surface area contributed by atoms with E-state index in [1.807, 2.05) is 0 Å². The molecule has 1 amide bonds. The summed E-state index contributed by atoms with van der Waals surface area (Å²) in [4.78, 5) is 40.3. The lowest BCUT2D eigenvalue weighted by Gasteiger charge is -2.07. The Morgan fingerprint density at radius 1 is 1.18 bits per heavy atom. The molecule has 0 radical (unpaired) electrons. The lowest BCUT2D eigenvalue weighted by Crippen LogP contribution is -2.37. The van der Waals surface area contributed by atoms with Gasteiger partial charge in [0.15, 0.2) is 22.7 Å². The van der Waals surface area contributed by atoms with Crippen LogP contribution in [0.15, 0.2) is 40.2 Å². The van der Waals surface area contributed by atoms with Gasteiger partial charge in [0.05, 0.1) is 6.33 Å². The molecule has 0 spiro atoms. The summed E-state index contributed by atoms with van der Waals surface area (Å²) >= 11 is 0. The first-order valence-corrected chi connectivity index (χ1v) is 8.38. The van der Waals surface area contributed by atoms with Crippen molar-refractivity contribution in [1.29, 1.82) is 0 Å². The van der Waals surface area contributed by atoms with Gasteiger partial charge >= 0.3 is 5.69 Å². The van der Waals surface area contributed by atoms with E-state index in [4.69, 9.17) is 0 Å². The molecule has 2 heterocycles. The van der Waals surface area contributed by atoms with Crippen LogP contribution in [0.1, 0.15) is 5.56 Å². The molecule has 146 valence electrons. The topological polar surface area (TPSA) is 131 Å². The summed E-state index contributed by atoms with van der Waals surface area (Å²) in [6.45, 7) is 0.533. The first kappa shape index (κ1) is 19.0. The molecule has 3 N–H and O–H groups in total. The number of phenols is 2. The Morgan fingerprint density at radius 2 is 1.93 bits per heavy atom. The number of imidazole rings is 1. The molecule has 10 heteroatoms. The number of aryl methyl sites for hydroxylation is 1. The molecule has 0 saturated heterocycles. The smallest absolute Gasteiger partial charge is 0.332 e. The normalized spacial score (nSPS) is 11.4. The van der Waals surface area contributed by atoms with E-state index >= 15 is 0 Å². The number of nitrogens with one attached hydrogen (secondary N) is 1. The number of rotatable bonds is 5. The molecule has 3 rings (SSSR count). The number of fused-ring (bicyclic) bond motifs is 1. The largest absolute Gasteiger partial charge is 0.504 e. The van der Waals surface area contributed by atoms with Crippen LogP contribution in [-0.4, -0.2) is 41.4 Å². The quantitative estimate of drug-likeness (QED) is 0.407. The number of nitrogens with zero attached hydrogens (tertiary/aromatic N) is 4. The minimum atomic E-state index is -0.457. The van der Waals surface area contributed by atoms with Crippen LogP contribution in [0, 0.1) is 0 Å². The van der Waals surface area contributed by atoms with Crippen molar-refractivity contribution in [3.05, 3.63) is 57.0 Å². The molecule has 0 aliphatic heterocycles. The molecule has 0 fully saturated rings. The molecule has 0 atom stereocenters. The molecular formula is C18H19N5O5. The standard InChI is InChI=1S/C18H19N5O5/c1-21-16-15(17(27)22(2)18(21)28)23(10-20-16)8-7-19-14(26)6-4-11-3-5-12(24)13(25)9-11/h3-6,9-10,24-25H,7-8H2,1-2H3,(H,19,26). The molecule has 0 unspecified atom stereocenters. The fourth-order valence-corrected chi connectivity index (χ4v) is 2.74. The third kappa shape index (κ3) is 3.52. The molecule has 1 aromatic carbocycles. The van der Waals surface area contributed by atoms with Crippen LogP contribution in [-0.2, 0) is 25.4 Å². The molecule has 2 aromatic heterocycles. The van der Waals surface area contributed by atoms with E-state index in [-0.39, 0.29) is 35.1 Å². The van der Waals surface area contributed by atoms with Crippen molar-refractivity contribution in [3.8, 4) is 11.5 Å². The third-order valence-electron chi connectivity index (χ3n) is 4.30. The predicted molar refractivity (Wildman–Crippen MR) is 102 cm³/mol. The summed E-state index contributed by atoms with van der Waals surface area (Å²) in [7, 11) is 2.93. The van der Waals surface area contributed by atoms with Crippen LogP contribution in [0.2, 0.25) is 0 Å². The second-order valence-corrected chi connectivity index (χ2v) is 6.19.